The van der Waals surface area contributed by atoms with Crippen LogP contribution in [0.2, 0.25) is 0 Å². The molecule has 2 atom stereocenters. The summed E-state index contributed by atoms with van der Waals surface area (Å²) in [7, 11) is 1.45. The number of carbonyl (C=O) groups excluding carboxylic acids is 2. The summed E-state index contributed by atoms with van der Waals surface area (Å²) in [5.41, 5.74) is 2.12. The topological polar surface area (TPSA) is 136 Å². The van der Waals surface area contributed by atoms with Gasteiger partial charge in [0.15, 0.2) is 0 Å². The first-order valence-corrected chi connectivity index (χ1v) is 10.00. The fourth-order valence-corrected chi connectivity index (χ4v) is 2.86. The number of nitrogens with zero attached hydrogens (tertiary/aromatic N) is 2. The zero-order valence-corrected chi connectivity index (χ0v) is 18.1. The van der Waals surface area contributed by atoms with Gasteiger partial charge in [0.05, 0.1) is 31.2 Å². The molecule has 9 nitrogen and oxygen atoms in total. The van der Waals surface area contributed by atoms with Crippen LogP contribution in [-0.4, -0.2) is 25.3 Å². The van der Waals surface area contributed by atoms with Crippen LogP contribution in [-0.2, 0) is 4.74 Å². The van der Waals surface area contributed by atoms with E-state index in [1.54, 1.807) is 43.3 Å². The first-order chi connectivity index (χ1) is 15.4. The van der Waals surface area contributed by atoms with Crippen molar-refractivity contribution in [2.24, 2.45) is 0 Å². The Labute approximate surface area is 186 Å². The molecular weight excluding hydrogens is 410 g/mol. The molecule has 0 spiro atoms. The molecule has 0 heterocycles. The number of rotatable bonds is 8. The van der Waals surface area contributed by atoms with Crippen LogP contribution in [0, 0.1) is 22.7 Å². The second kappa shape index (κ2) is 11.8. The van der Waals surface area contributed by atoms with Gasteiger partial charge in [0.1, 0.15) is 17.9 Å². The molecule has 0 fully saturated rings. The van der Waals surface area contributed by atoms with Crippen molar-refractivity contribution < 1.29 is 19.1 Å². The summed E-state index contributed by atoms with van der Waals surface area (Å²) in [4.78, 5) is 24.4. The summed E-state index contributed by atoms with van der Waals surface area (Å²) in [6, 6.07) is 14.9. The van der Waals surface area contributed by atoms with Crippen molar-refractivity contribution in [3.8, 4) is 17.9 Å². The molecule has 3 N–H and O–H groups in total. The Kier molecular flexibility index (Phi) is 8.88. The van der Waals surface area contributed by atoms with E-state index in [-0.39, 0.29) is 12.5 Å². The van der Waals surface area contributed by atoms with Gasteiger partial charge in [-0.2, -0.15) is 10.5 Å². The minimum absolute atomic E-state index is 0.137. The van der Waals surface area contributed by atoms with E-state index in [9.17, 15) is 9.59 Å². The number of nitriles is 2. The Morgan fingerprint density at radius 3 is 2.44 bits per heavy atom. The zero-order chi connectivity index (χ0) is 23.5. The van der Waals surface area contributed by atoms with Gasteiger partial charge in [-0.05, 0) is 43.2 Å². The van der Waals surface area contributed by atoms with Crippen LogP contribution in [0.3, 0.4) is 0 Å². The average molecular weight is 435 g/mol. The van der Waals surface area contributed by atoms with Crippen LogP contribution in [0.25, 0.3) is 0 Å². The highest BCUT2D eigenvalue weighted by Gasteiger charge is 2.16. The van der Waals surface area contributed by atoms with Crippen molar-refractivity contribution in [2.75, 3.05) is 17.7 Å². The van der Waals surface area contributed by atoms with Gasteiger partial charge >= 0.3 is 12.1 Å². The van der Waals surface area contributed by atoms with Crippen LogP contribution >= 0.6 is 0 Å². The van der Waals surface area contributed by atoms with Gasteiger partial charge in [0.25, 0.3) is 0 Å². The van der Waals surface area contributed by atoms with Crippen molar-refractivity contribution in [3.05, 3.63) is 53.6 Å². The number of methoxy groups -OCH3 is 1. The van der Waals surface area contributed by atoms with Crippen LogP contribution in [0.1, 0.15) is 43.9 Å². The number of amides is 3. The number of benzene rings is 2. The molecule has 0 radical (unpaired) electrons. The van der Waals surface area contributed by atoms with E-state index in [4.69, 9.17) is 20.0 Å². The van der Waals surface area contributed by atoms with Crippen molar-refractivity contribution in [1.29, 1.82) is 10.5 Å². The Balaban J connectivity index is 1.99. The molecule has 3 amide bonds. The molecule has 2 rings (SSSR count). The third-order valence-corrected chi connectivity index (χ3v) is 4.61. The summed E-state index contributed by atoms with van der Waals surface area (Å²) in [6.45, 7) is 3.63. The van der Waals surface area contributed by atoms with Crippen LogP contribution in [0.5, 0.6) is 5.75 Å². The second-order valence-corrected chi connectivity index (χ2v) is 6.90. The number of alkyl carbamates (subject to hydrolysis) is 1. The molecule has 0 aliphatic heterocycles. The van der Waals surface area contributed by atoms with Crippen LogP contribution in [0.15, 0.2) is 42.5 Å². The van der Waals surface area contributed by atoms with E-state index in [0.29, 0.717) is 29.1 Å². The number of nitrogens with one attached hydrogen (secondary N) is 3. The van der Waals surface area contributed by atoms with Crippen molar-refractivity contribution in [3.63, 3.8) is 0 Å². The molecule has 2 aromatic carbocycles. The second-order valence-electron chi connectivity index (χ2n) is 6.90. The van der Waals surface area contributed by atoms with Crippen LogP contribution < -0.4 is 20.7 Å². The van der Waals surface area contributed by atoms with Gasteiger partial charge < -0.3 is 25.4 Å². The molecule has 0 saturated heterocycles. The standard InChI is InChI=1S/C23H25N5O4/c1-4-20(10-11-24)32-23(30)26-15(2)16-6-5-7-18(12-16)27-22(29)28-19-9-8-17(14-25)21(13-19)31-3/h5-9,12-13,15,20H,4,10H2,1-3H3,(H,26,30)(H2,27,28,29)/t15-,20?/m1/s1. The molecule has 0 aliphatic rings. The minimum atomic E-state index is -0.606. The van der Waals surface area contributed by atoms with Gasteiger partial charge in [-0.15, -0.1) is 0 Å². The maximum Gasteiger partial charge on any atom is 0.407 e. The minimum Gasteiger partial charge on any atom is -0.495 e. The third kappa shape index (κ3) is 6.92. The Bertz CT molecular complexity index is 1040. The van der Waals surface area contributed by atoms with E-state index in [1.807, 2.05) is 25.1 Å². The van der Waals surface area contributed by atoms with Crippen LogP contribution in [0.4, 0.5) is 21.0 Å². The molecule has 32 heavy (non-hydrogen) atoms. The van der Waals surface area contributed by atoms with E-state index < -0.39 is 18.2 Å². The molecule has 0 aliphatic carbocycles. The lowest BCUT2D eigenvalue weighted by Crippen LogP contribution is -2.31. The van der Waals surface area contributed by atoms with E-state index in [2.05, 4.69) is 16.0 Å². The smallest absolute Gasteiger partial charge is 0.407 e. The molecule has 0 saturated carbocycles. The molecule has 9 heteroatoms. The molecular formula is C23H25N5O4. The Hall–Kier alpha value is -4.24. The summed E-state index contributed by atoms with van der Waals surface area (Å²) in [5, 5.41) is 25.9. The third-order valence-electron chi connectivity index (χ3n) is 4.61. The number of ether oxygens (including phenoxy) is 2. The lowest BCUT2D eigenvalue weighted by molar-refractivity contribution is 0.0950. The highest BCUT2D eigenvalue weighted by atomic mass is 16.6. The highest BCUT2D eigenvalue weighted by molar-refractivity contribution is 6.00. The Morgan fingerprint density at radius 2 is 1.81 bits per heavy atom. The quantitative estimate of drug-likeness (QED) is 0.550. The summed E-state index contributed by atoms with van der Waals surface area (Å²) in [5.74, 6) is 0.360. The molecule has 0 aromatic heterocycles. The van der Waals surface area contributed by atoms with E-state index in [1.165, 1.54) is 7.11 Å². The number of hydrogen-bond donors (Lipinski definition) is 3. The fraction of sp³-hybridized carbons (Fsp3) is 0.304. The van der Waals surface area contributed by atoms with Crippen molar-refractivity contribution in [2.45, 2.75) is 38.8 Å². The predicted molar refractivity (Wildman–Crippen MR) is 119 cm³/mol. The largest absolute Gasteiger partial charge is 0.495 e. The van der Waals surface area contributed by atoms with Gasteiger partial charge in [-0.3, -0.25) is 0 Å². The van der Waals surface area contributed by atoms with Gasteiger partial charge in [-0.25, -0.2) is 9.59 Å². The molecule has 1 unspecified atom stereocenters. The van der Waals surface area contributed by atoms with Gasteiger partial charge in [0, 0.05) is 17.4 Å². The normalized spacial score (nSPS) is 11.8. The summed E-state index contributed by atoms with van der Waals surface area (Å²) in [6.07, 6.45) is -0.373. The highest BCUT2D eigenvalue weighted by Crippen LogP contribution is 2.23. The van der Waals surface area contributed by atoms with Gasteiger partial charge in [0.2, 0.25) is 0 Å². The van der Waals surface area contributed by atoms with E-state index in [0.717, 1.165) is 5.56 Å². The lowest BCUT2D eigenvalue weighted by Gasteiger charge is -2.18. The first-order valence-electron chi connectivity index (χ1n) is 10.00. The average Bonchev–Trinajstić information content (AvgIpc) is 2.78. The lowest BCUT2D eigenvalue weighted by atomic mass is 10.1. The first kappa shape index (κ1) is 24.0. The molecule has 166 valence electrons. The zero-order valence-electron chi connectivity index (χ0n) is 18.1. The summed E-state index contributed by atoms with van der Waals surface area (Å²) >= 11 is 0. The van der Waals surface area contributed by atoms with E-state index >= 15 is 0 Å². The Morgan fingerprint density at radius 1 is 1.09 bits per heavy atom. The summed E-state index contributed by atoms with van der Waals surface area (Å²) < 4.78 is 10.4. The molecule has 2 aromatic rings. The molecule has 0 bridgehead atoms. The number of urea groups is 1. The van der Waals surface area contributed by atoms with Gasteiger partial charge in [-0.1, -0.05) is 19.1 Å². The van der Waals surface area contributed by atoms with Crippen molar-refractivity contribution in [1.82, 2.24) is 5.32 Å². The van der Waals surface area contributed by atoms with Crippen molar-refractivity contribution >= 4 is 23.5 Å². The maximum atomic E-state index is 12.4. The monoisotopic (exact) mass is 435 g/mol. The number of anilines is 2. The SMILES string of the molecule is CCC(CC#N)OC(=O)N[C@H](C)c1cccc(NC(=O)Nc2ccc(C#N)c(OC)c2)c1. The fourth-order valence-electron chi connectivity index (χ4n) is 2.86. The predicted octanol–water partition coefficient (Wildman–Crippen LogP) is 4.69. The maximum absolute atomic E-state index is 12.4. The number of hydrogen-bond acceptors (Lipinski definition) is 6. The number of carbonyl (C=O) groups is 2.